The van der Waals surface area contributed by atoms with Crippen LogP contribution in [0.3, 0.4) is 0 Å². The number of nitrogens with one attached hydrogen (secondary N) is 2. The molecule has 0 aliphatic rings. The van der Waals surface area contributed by atoms with Crippen LogP contribution >= 0.6 is 0 Å². The molecule has 2 atom stereocenters. The maximum atomic E-state index is 11.9. The van der Waals surface area contributed by atoms with E-state index in [4.69, 9.17) is 26.6 Å². The Morgan fingerprint density at radius 1 is 0.692 bits per heavy atom. The summed E-state index contributed by atoms with van der Waals surface area (Å²) in [5.41, 5.74) is 0.138. The first-order chi connectivity index (χ1) is 12.3. The first-order valence-corrected chi connectivity index (χ1v) is 12.2. The summed E-state index contributed by atoms with van der Waals surface area (Å²) < 4.78 is 32.7. The minimum Gasteiger partial charge on any atom is -0.377 e. The van der Waals surface area contributed by atoms with Gasteiger partial charge >= 0.3 is 23.6 Å². The van der Waals surface area contributed by atoms with Crippen LogP contribution in [0.4, 0.5) is 4.79 Å². The molecule has 0 aliphatic carbocycles. The Hall–Kier alpha value is -0.536. The van der Waals surface area contributed by atoms with Crippen molar-refractivity contribution in [3.8, 4) is 0 Å². The highest BCUT2D eigenvalue weighted by atomic mass is 28.4. The average Bonchev–Trinajstić information content (AvgIpc) is 2.65. The first-order valence-electron chi connectivity index (χ1n) is 8.63. The van der Waals surface area contributed by atoms with Gasteiger partial charge in [-0.3, -0.25) is 0 Å². The molecule has 0 fully saturated rings. The SMILES string of the molecule is CO[Si](OC)(OC)C(C)CCNC(=O)NCCC(C)[Si](OC)(OC)OC. The maximum Gasteiger partial charge on any atom is 0.503 e. The van der Waals surface area contributed by atoms with Gasteiger partial charge < -0.3 is 37.2 Å². The zero-order chi connectivity index (χ0) is 20.2. The van der Waals surface area contributed by atoms with Crippen molar-refractivity contribution in [1.82, 2.24) is 10.6 Å². The zero-order valence-corrected chi connectivity index (χ0v) is 19.3. The molecule has 11 heteroatoms. The van der Waals surface area contributed by atoms with E-state index in [1.54, 1.807) is 42.7 Å². The Kier molecular flexibility index (Phi) is 12.5. The van der Waals surface area contributed by atoms with E-state index in [2.05, 4.69) is 10.6 Å². The summed E-state index contributed by atoms with van der Waals surface area (Å²) in [6, 6.07) is -0.219. The average molecular weight is 413 g/mol. The van der Waals surface area contributed by atoms with Crippen molar-refractivity contribution in [2.75, 3.05) is 55.7 Å². The van der Waals surface area contributed by atoms with Crippen molar-refractivity contribution < 1.29 is 31.4 Å². The van der Waals surface area contributed by atoms with Gasteiger partial charge in [-0.2, -0.15) is 0 Å². The van der Waals surface area contributed by atoms with Crippen molar-refractivity contribution in [2.45, 2.75) is 37.8 Å². The van der Waals surface area contributed by atoms with Gasteiger partial charge in [0.25, 0.3) is 0 Å². The summed E-state index contributed by atoms with van der Waals surface area (Å²) in [4.78, 5) is 11.9. The monoisotopic (exact) mass is 412 g/mol. The largest absolute Gasteiger partial charge is 0.503 e. The van der Waals surface area contributed by atoms with Gasteiger partial charge in [-0.25, -0.2) is 4.79 Å². The molecule has 0 aliphatic heterocycles. The standard InChI is InChI=1S/C15H36N2O7Si2/c1-13(25(19-3,20-4)21-5)9-11-16-15(18)17-12-10-14(2)26(22-6,23-7)24-8/h13-14H,9-12H2,1-8H3,(H2,16,17,18). The summed E-state index contributed by atoms with van der Waals surface area (Å²) in [6.45, 7) is 4.99. The van der Waals surface area contributed by atoms with E-state index in [-0.39, 0.29) is 17.1 Å². The number of carbonyl (C=O) groups excluding carboxylic acids is 1. The van der Waals surface area contributed by atoms with Crippen molar-refractivity contribution in [1.29, 1.82) is 0 Å². The van der Waals surface area contributed by atoms with E-state index >= 15 is 0 Å². The molecule has 2 amide bonds. The highest BCUT2D eigenvalue weighted by Gasteiger charge is 2.45. The summed E-state index contributed by atoms with van der Waals surface area (Å²) >= 11 is 0. The number of amides is 2. The molecule has 0 heterocycles. The number of hydrogen-bond acceptors (Lipinski definition) is 7. The lowest BCUT2D eigenvalue weighted by Crippen LogP contribution is -2.48. The molecule has 0 aromatic heterocycles. The third-order valence-corrected chi connectivity index (χ3v) is 11.0. The van der Waals surface area contributed by atoms with E-state index in [1.807, 2.05) is 13.8 Å². The third kappa shape index (κ3) is 6.89. The molecule has 0 aromatic carbocycles. The van der Waals surface area contributed by atoms with Crippen molar-refractivity contribution >= 4 is 23.6 Å². The van der Waals surface area contributed by atoms with E-state index in [0.29, 0.717) is 25.9 Å². The number of hydrogen-bond donors (Lipinski definition) is 2. The second-order valence-electron chi connectivity index (χ2n) is 5.99. The second-order valence-corrected chi connectivity index (χ2v) is 12.8. The Bertz CT molecular complexity index is 346. The van der Waals surface area contributed by atoms with Crippen LogP contribution in [0.5, 0.6) is 0 Å². The molecule has 0 saturated heterocycles. The van der Waals surface area contributed by atoms with Gasteiger partial charge in [-0.05, 0) is 12.8 Å². The van der Waals surface area contributed by atoms with Crippen molar-refractivity contribution in [2.24, 2.45) is 0 Å². The van der Waals surface area contributed by atoms with Crippen LogP contribution in [0.25, 0.3) is 0 Å². The minimum absolute atomic E-state index is 0.0690. The van der Waals surface area contributed by atoms with E-state index < -0.39 is 17.6 Å². The molecular formula is C15H36N2O7Si2. The van der Waals surface area contributed by atoms with Gasteiger partial charge in [0, 0.05) is 66.8 Å². The highest BCUT2D eigenvalue weighted by molar-refractivity contribution is 6.62. The Labute approximate surface area is 159 Å². The second kappa shape index (κ2) is 12.8. The van der Waals surface area contributed by atoms with Crippen LogP contribution in [0, 0.1) is 0 Å². The van der Waals surface area contributed by atoms with E-state index in [1.165, 1.54) is 0 Å². The van der Waals surface area contributed by atoms with Crippen molar-refractivity contribution in [3.05, 3.63) is 0 Å². The zero-order valence-electron chi connectivity index (χ0n) is 17.3. The molecule has 0 spiro atoms. The summed E-state index contributed by atoms with van der Waals surface area (Å²) in [7, 11) is 4.15. The molecule has 0 saturated carbocycles. The van der Waals surface area contributed by atoms with E-state index in [0.717, 1.165) is 0 Å². The van der Waals surface area contributed by atoms with Crippen LogP contribution < -0.4 is 10.6 Å². The number of rotatable bonds is 14. The quantitative estimate of drug-likeness (QED) is 0.418. The Morgan fingerprint density at radius 3 is 1.19 bits per heavy atom. The van der Waals surface area contributed by atoms with Gasteiger partial charge in [0.05, 0.1) is 0 Å². The molecule has 2 N–H and O–H groups in total. The molecule has 0 rings (SSSR count). The van der Waals surface area contributed by atoms with Crippen LogP contribution in [-0.2, 0) is 26.6 Å². The molecule has 9 nitrogen and oxygen atoms in total. The predicted octanol–water partition coefficient (Wildman–Crippen LogP) is 1.60. The lowest BCUT2D eigenvalue weighted by Gasteiger charge is -2.30. The Morgan fingerprint density at radius 2 is 0.962 bits per heavy atom. The predicted molar refractivity (Wildman–Crippen MR) is 103 cm³/mol. The summed E-state index contributed by atoms with van der Waals surface area (Å²) in [5, 5.41) is 5.67. The van der Waals surface area contributed by atoms with Crippen LogP contribution in [-0.4, -0.2) is 79.4 Å². The third-order valence-electron chi connectivity index (χ3n) is 4.64. The summed E-state index contributed by atoms with van der Waals surface area (Å²) in [6.07, 6.45) is 1.39. The van der Waals surface area contributed by atoms with Crippen molar-refractivity contribution in [3.63, 3.8) is 0 Å². The normalized spacial score (nSPS) is 14.8. The van der Waals surface area contributed by atoms with Gasteiger partial charge in [-0.15, -0.1) is 0 Å². The maximum absolute atomic E-state index is 11.9. The smallest absolute Gasteiger partial charge is 0.377 e. The number of carbonyl (C=O) groups is 1. The molecule has 26 heavy (non-hydrogen) atoms. The van der Waals surface area contributed by atoms with Gasteiger partial charge in [0.15, 0.2) is 0 Å². The fourth-order valence-corrected chi connectivity index (χ4v) is 7.34. The van der Waals surface area contributed by atoms with Gasteiger partial charge in [-0.1, -0.05) is 13.8 Å². The Balaban J connectivity index is 4.22. The minimum atomic E-state index is -2.68. The van der Waals surface area contributed by atoms with E-state index in [9.17, 15) is 4.79 Å². The molecule has 156 valence electrons. The molecule has 0 aromatic rings. The van der Waals surface area contributed by atoms with Gasteiger partial charge in [0.2, 0.25) is 0 Å². The lowest BCUT2D eigenvalue weighted by molar-refractivity contribution is 0.111. The molecule has 2 unspecified atom stereocenters. The topological polar surface area (TPSA) is 96.5 Å². The van der Waals surface area contributed by atoms with Crippen LogP contribution in [0.15, 0.2) is 0 Å². The van der Waals surface area contributed by atoms with Gasteiger partial charge in [0.1, 0.15) is 0 Å². The molecule has 0 bridgehead atoms. The summed E-state index contributed by atoms with van der Waals surface area (Å²) in [5.74, 6) is 0. The molecular weight excluding hydrogens is 376 g/mol. The van der Waals surface area contributed by atoms with Crippen LogP contribution in [0.2, 0.25) is 11.1 Å². The lowest BCUT2D eigenvalue weighted by atomic mass is 10.3. The highest BCUT2D eigenvalue weighted by Crippen LogP contribution is 2.27. The molecule has 0 radical (unpaired) electrons. The van der Waals surface area contributed by atoms with Crippen LogP contribution in [0.1, 0.15) is 26.7 Å². The fourth-order valence-electron chi connectivity index (χ4n) is 2.93. The number of urea groups is 1. The fraction of sp³-hybridized carbons (Fsp3) is 0.933. The first kappa shape index (κ1) is 25.5.